The maximum atomic E-state index is 11.8. The van der Waals surface area contributed by atoms with Gasteiger partial charge in [-0.05, 0) is 18.4 Å². The van der Waals surface area contributed by atoms with Crippen LogP contribution in [0.5, 0.6) is 0 Å². The molecule has 1 aromatic rings. The number of unbranched alkanes of at least 4 members (excludes halogenated alkanes) is 1. The van der Waals surface area contributed by atoms with Crippen LogP contribution in [0.4, 0.5) is 0 Å². The van der Waals surface area contributed by atoms with Gasteiger partial charge < -0.3 is 0 Å². The molecule has 1 nitrogen and oxygen atoms in total. The summed E-state index contributed by atoms with van der Waals surface area (Å²) in [6.07, 6.45) is 3.50. The van der Waals surface area contributed by atoms with Crippen LogP contribution < -0.4 is 0 Å². The van der Waals surface area contributed by atoms with Gasteiger partial charge in [0.15, 0.2) is 5.78 Å². The fourth-order valence-corrected chi connectivity index (χ4v) is 2.03. The van der Waals surface area contributed by atoms with Crippen molar-refractivity contribution in [3.63, 3.8) is 0 Å². The average molecular weight is 348 g/mol. The van der Waals surface area contributed by atoms with E-state index < -0.39 is 0 Å². The quantitative estimate of drug-likeness (QED) is 0.551. The first-order valence-corrected chi connectivity index (χ1v) is 7.56. The van der Waals surface area contributed by atoms with Crippen molar-refractivity contribution in [1.82, 2.24) is 0 Å². The Morgan fingerprint density at radius 3 is 2.44 bits per heavy atom. The van der Waals surface area contributed by atoms with Crippen molar-refractivity contribution in [2.45, 2.75) is 31.0 Å². The summed E-state index contributed by atoms with van der Waals surface area (Å²) in [5.41, 5.74) is 2.09. The van der Waals surface area contributed by atoms with Crippen molar-refractivity contribution in [3.05, 3.63) is 35.4 Å². The molecular formula is C13H16Br2O. The summed E-state index contributed by atoms with van der Waals surface area (Å²) < 4.78 is 0. The SMILES string of the molecule is CCCCc1ccc(C(=O)C(Br)CBr)cc1. The van der Waals surface area contributed by atoms with Gasteiger partial charge in [0.1, 0.15) is 0 Å². The Labute approximate surface area is 114 Å². The van der Waals surface area contributed by atoms with Gasteiger partial charge in [-0.3, -0.25) is 4.79 Å². The molecule has 0 fully saturated rings. The Kier molecular flexibility index (Phi) is 6.29. The number of benzene rings is 1. The molecule has 3 heteroatoms. The van der Waals surface area contributed by atoms with Gasteiger partial charge in [-0.15, -0.1) is 0 Å². The Balaban J connectivity index is 2.67. The van der Waals surface area contributed by atoms with E-state index in [0.717, 1.165) is 12.0 Å². The summed E-state index contributed by atoms with van der Waals surface area (Å²) >= 11 is 6.64. The van der Waals surface area contributed by atoms with E-state index in [0.29, 0.717) is 5.33 Å². The molecular weight excluding hydrogens is 332 g/mol. The number of carbonyl (C=O) groups is 1. The molecule has 0 bridgehead atoms. The molecule has 0 heterocycles. The number of alkyl halides is 2. The van der Waals surface area contributed by atoms with E-state index in [1.165, 1.54) is 18.4 Å². The molecule has 0 amide bonds. The normalized spacial score (nSPS) is 12.4. The summed E-state index contributed by atoms with van der Waals surface area (Å²) in [6, 6.07) is 7.95. The molecule has 1 rings (SSSR count). The maximum absolute atomic E-state index is 11.8. The van der Waals surface area contributed by atoms with Gasteiger partial charge in [0.05, 0.1) is 4.83 Å². The second kappa shape index (κ2) is 7.23. The lowest BCUT2D eigenvalue weighted by atomic mass is 10.0. The van der Waals surface area contributed by atoms with E-state index in [2.05, 4.69) is 50.9 Å². The van der Waals surface area contributed by atoms with Gasteiger partial charge >= 0.3 is 0 Å². The Bertz CT molecular complexity index is 332. The van der Waals surface area contributed by atoms with Crippen molar-refractivity contribution >= 4 is 37.6 Å². The van der Waals surface area contributed by atoms with Crippen molar-refractivity contribution in [2.75, 3.05) is 5.33 Å². The fourth-order valence-electron chi connectivity index (χ4n) is 1.47. The molecule has 0 aliphatic carbocycles. The van der Waals surface area contributed by atoms with E-state index in [-0.39, 0.29) is 10.6 Å². The van der Waals surface area contributed by atoms with Crippen molar-refractivity contribution < 1.29 is 4.79 Å². The largest absolute Gasteiger partial charge is 0.293 e. The van der Waals surface area contributed by atoms with E-state index in [4.69, 9.17) is 0 Å². The second-order valence-electron chi connectivity index (χ2n) is 3.79. The number of Topliss-reactive ketones (excluding diaryl/α,β-unsaturated/α-hetero) is 1. The third-order valence-electron chi connectivity index (χ3n) is 2.48. The van der Waals surface area contributed by atoms with Gasteiger partial charge in [0.25, 0.3) is 0 Å². The van der Waals surface area contributed by atoms with Crippen molar-refractivity contribution in [1.29, 1.82) is 0 Å². The zero-order valence-corrected chi connectivity index (χ0v) is 12.6. The average Bonchev–Trinajstić information content (AvgIpc) is 2.35. The number of halogens is 2. The minimum atomic E-state index is -0.131. The first-order chi connectivity index (χ1) is 7.69. The van der Waals surface area contributed by atoms with Gasteiger partial charge in [-0.2, -0.15) is 0 Å². The zero-order valence-electron chi connectivity index (χ0n) is 9.38. The van der Waals surface area contributed by atoms with E-state index >= 15 is 0 Å². The molecule has 0 aliphatic rings. The highest BCUT2D eigenvalue weighted by atomic mass is 79.9. The summed E-state index contributed by atoms with van der Waals surface area (Å²) in [5, 5.41) is 0.642. The van der Waals surface area contributed by atoms with Gasteiger partial charge in [0.2, 0.25) is 0 Å². The molecule has 0 aliphatic heterocycles. The topological polar surface area (TPSA) is 17.1 Å². The molecule has 88 valence electrons. The van der Waals surface area contributed by atoms with Crippen molar-refractivity contribution in [3.8, 4) is 0 Å². The zero-order chi connectivity index (χ0) is 12.0. The molecule has 1 unspecified atom stereocenters. The summed E-state index contributed by atoms with van der Waals surface area (Å²) in [4.78, 5) is 11.7. The Morgan fingerprint density at radius 2 is 1.94 bits per heavy atom. The minimum absolute atomic E-state index is 0.131. The van der Waals surface area contributed by atoms with Gasteiger partial charge in [-0.25, -0.2) is 0 Å². The molecule has 0 saturated carbocycles. The van der Waals surface area contributed by atoms with Gasteiger partial charge in [0, 0.05) is 10.9 Å². The summed E-state index contributed by atoms with van der Waals surface area (Å²) in [7, 11) is 0. The molecule has 0 radical (unpaired) electrons. The third kappa shape index (κ3) is 4.02. The molecule has 0 aromatic heterocycles. The highest BCUT2D eigenvalue weighted by Gasteiger charge is 2.14. The smallest absolute Gasteiger partial charge is 0.177 e. The third-order valence-corrected chi connectivity index (χ3v) is 4.73. The number of hydrogen-bond acceptors (Lipinski definition) is 1. The second-order valence-corrected chi connectivity index (χ2v) is 5.54. The van der Waals surface area contributed by atoms with Crippen LogP contribution in [0.25, 0.3) is 0 Å². The summed E-state index contributed by atoms with van der Waals surface area (Å²) in [6.45, 7) is 2.18. The number of aryl methyl sites for hydroxylation is 1. The number of hydrogen-bond donors (Lipinski definition) is 0. The van der Waals surface area contributed by atoms with Crippen LogP contribution in [0, 0.1) is 0 Å². The van der Waals surface area contributed by atoms with E-state index in [9.17, 15) is 4.79 Å². The van der Waals surface area contributed by atoms with Crippen LogP contribution >= 0.6 is 31.9 Å². The number of carbonyl (C=O) groups excluding carboxylic acids is 1. The van der Waals surface area contributed by atoms with Crippen LogP contribution in [-0.2, 0) is 6.42 Å². The standard InChI is InChI=1S/C13H16Br2O/c1-2-3-4-10-5-7-11(8-6-10)13(16)12(15)9-14/h5-8,12H,2-4,9H2,1H3. The van der Waals surface area contributed by atoms with Crippen LogP contribution in [0.2, 0.25) is 0 Å². The molecule has 1 atom stereocenters. The fraction of sp³-hybridized carbons (Fsp3) is 0.462. The summed E-state index contributed by atoms with van der Waals surface area (Å²) in [5.74, 6) is 0.138. The lowest BCUT2D eigenvalue weighted by Gasteiger charge is -2.06. The maximum Gasteiger partial charge on any atom is 0.177 e. The Morgan fingerprint density at radius 1 is 1.31 bits per heavy atom. The first kappa shape index (κ1) is 13.9. The minimum Gasteiger partial charge on any atom is -0.293 e. The van der Waals surface area contributed by atoms with Crippen LogP contribution in [0.3, 0.4) is 0 Å². The molecule has 16 heavy (non-hydrogen) atoms. The highest BCUT2D eigenvalue weighted by molar-refractivity contribution is 9.12. The highest BCUT2D eigenvalue weighted by Crippen LogP contribution is 2.14. The predicted molar refractivity (Wildman–Crippen MR) is 75.9 cm³/mol. The lowest BCUT2D eigenvalue weighted by molar-refractivity contribution is 0.0997. The van der Waals surface area contributed by atoms with Crippen molar-refractivity contribution in [2.24, 2.45) is 0 Å². The number of ketones is 1. The van der Waals surface area contributed by atoms with E-state index in [1.807, 2.05) is 12.1 Å². The Hall–Kier alpha value is -0.150. The molecule has 0 spiro atoms. The van der Waals surface area contributed by atoms with Crippen LogP contribution in [0.15, 0.2) is 24.3 Å². The number of rotatable bonds is 6. The van der Waals surface area contributed by atoms with Gasteiger partial charge in [-0.1, -0.05) is 69.5 Å². The first-order valence-electron chi connectivity index (χ1n) is 5.52. The monoisotopic (exact) mass is 346 g/mol. The van der Waals surface area contributed by atoms with E-state index in [1.54, 1.807) is 0 Å². The molecule has 0 N–H and O–H groups in total. The van der Waals surface area contributed by atoms with Crippen LogP contribution in [-0.4, -0.2) is 15.9 Å². The lowest BCUT2D eigenvalue weighted by Crippen LogP contribution is -2.15. The molecule has 0 saturated heterocycles. The predicted octanol–water partition coefficient (Wildman–Crippen LogP) is 4.37. The molecule has 1 aromatic carbocycles. The van der Waals surface area contributed by atoms with Crippen LogP contribution in [0.1, 0.15) is 35.7 Å².